The van der Waals surface area contributed by atoms with Crippen molar-refractivity contribution in [3.8, 4) is 11.5 Å². The lowest BCUT2D eigenvalue weighted by Crippen LogP contribution is -2.33. The number of amides is 3. The molecule has 1 aliphatic heterocycles. The third kappa shape index (κ3) is 4.22. The number of phenolic OH excluding ortho intramolecular Hbond substituents is 1. The fourth-order valence-corrected chi connectivity index (χ4v) is 3.63. The van der Waals surface area contributed by atoms with Gasteiger partial charge in [0, 0.05) is 12.1 Å². The van der Waals surface area contributed by atoms with Crippen LogP contribution in [0.4, 0.5) is 16.2 Å². The van der Waals surface area contributed by atoms with E-state index >= 15 is 0 Å². The van der Waals surface area contributed by atoms with Crippen LogP contribution in [0.1, 0.15) is 13.3 Å². The Kier molecular flexibility index (Phi) is 5.66. The second-order valence-corrected chi connectivity index (χ2v) is 6.90. The van der Waals surface area contributed by atoms with Crippen LogP contribution in [-0.4, -0.2) is 34.0 Å². The summed E-state index contributed by atoms with van der Waals surface area (Å²) in [6.07, 6.45) is -0.135. The van der Waals surface area contributed by atoms with Crippen molar-refractivity contribution in [1.82, 2.24) is 0 Å². The number of nitrogens with one attached hydrogen (secondary N) is 1. The number of benzene rings is 2. The van der Waals surface area contributed by atoms with E-state index in [-0.39, 0.29) is 18.1 Å². The number of thioether (sulfide) groups is 1. The van der Waals surface area contributed by atoms with E-state index in [4.69, 9.17) is 4.74 Å². The van der Waals surface area contributed by atoms with Gasteiger partial charge < -0.3 is 15.2 Å². The number of rotatable bonds is 6. The van der Waals surface area contributed by atoms with Crippen LogP contribution in [0.3, 0.4) is 0 Å². The van der Waals surface area contributed by atoms with Gasteiger partial charge in [-0.3, -0.25) is 14.4 Å². The molecule has 3 amide bonds. The van der Waals surface area contributed by atoms with E-state index < -0.39 is 16.4 Å². The molecule has 0 aliphatic carbocycles. The smallest absolute Gasteiger partial charge is 0.293 e. The van der Waals surface area contributed by atoms with E-state index in [9.17, 15) is 19.5 Å². The van der Waals surface area contributed by atoms with Crippen LogP contribution in [-0.2, 0) is 9.59 Å². The van der Waals surface area contributed by atoms with E-state index in [1.807, 2.05) is 6.92 Å². The zero-order chi connectivity index (χ0) is 19.4. The molecular formula is C19H18N2O5S. The van der Waals surface area contributed by atoms with Crippen molar-refractivity contribution >= 4 is 40.2 Å². The van der Waals surface area contributed by atoms with Crippen molar-refractivity contribution in [2.24, 2.45) is 0 Å². The number of carbonyl (C=O) groups excluding carboxylic acids is 3. The highest BCUT2D eigenvalue weighted by atomic mass is 32.2. The normalized spacial score (nSPS) is 16.5. The number of ether oxygens (including phenoxy) is 1. The average molecular weight is 386 g/mol. The maximum Gasteiger partial charge on any atom is 0.293 e. The monoisotopic (exact) mass is 386 g/mol. The number of carbonyl (C=O) groups is 3. The molecule has 2 N–H and O–H groups in total. The summed E-state index contributed by atoms with van der Waals surface area (Å²) in [4.78, 5) is 38.4. The summed E-state index contributed by atoms with van der Waals surface area (Å²) < 4.78 is 5.50. The molecule has 1 fully saturated rings. The predicted molar refractivity (Wildman–Crippen MR) is 103 cm³/mol. The van der Waals surface area contributed by atoms with E-state index in [0.717, 1.165) is 16.7 Å². The van der Waals surface area contributed by atoms with Crippen LogP contribution in [0.25, 0.3) is 0 Å². The van der Waals surface area contributed by atoms with Gasteiger partial charge in [-0.15, -0.1) is 0 Å². The lowest BCUT2D eigenvalue weighted by molar-refractivity contribution is -0.121. The highest BCUT2D eigenvalue weighted by Crippen LogP contribution is 2.38. The average Bonchev–Trinajstić information content (AvgIpc) is 2.91. The van der Waals surface area contributed by atoms with Gasteiger partial charge in [0.2, 0.25) is 11.8 Å². The number of para-hydroxylation sites is 2. The van der Waals surface area contributed by atoms with E-state index in [2.05, 4.69) is 5.32 Å². The van der Waals surface area contributed by atoms with E-state index in [1.165, 1.54) is 12.1 Å². The standard InChI is InChI=1S/C19H18N2O5S/c1-2-26-15-6-4-3-5-14(15)21-18(24)16(27-19(21)25)11-17(23)20-12-7-9-13(22)10-8-12/h3-10,16,22H,2,11H2,1H3,(H,20,23). The van der Waals surface area contributed by atoms with Crippen molar-refractivity contribution < 1.29 is 24.2 Å². The first kappa shape index (κ1) is 18.8. The zero-order valence-electron chi connectivity index (χ0n) is 14.5. The Hall–Kier alpha value is -3.00. The molecular weight excluding hydrogens is 368 g/mol. The number of nitrogens with zero attached hydrogens (tertiary/aromatic N) is 1. The van der Waals surface area contributed by atoms with Crippen molar-refractivity contribution in [2.45, 2.75) is 18.6 Å². The minimum Gasteiger partial charge on any atom is -0.508 e. The van der Waals surface area contributed by atoms with Gasteiger partial charge >= 0.3 is 0 Å². The first-order valence-electron chi connectivity index (χ1n) is 8.35. The van der Waals surface area contributed by atoms with Gasteiger partial charge in [-0.2, -0.15) is 0 Å². The fraction of sp³-hybridized carbons (Fsp3) is 0.211. The number of imide groups is 1. The van der Waals surface area contributed by atoms with Crippen molar-refractivity contribution in [2.75, 3.05) is 16.8 Å². The molecule has 7 nitrogen and oxygen atoms in total. The fourth-order valence-electron chi connectivity index (χ4n) is 2.65. The van der Waals surface area contributed by atoms with Gasteiger partial charge in [0.1, 0.15) is 16.7 Å². The largest absolute Gasteiger partial charge is 0.508 e. The van der Waals surface area contributed by atoms with Gasteiger partial charge in [-0.05, 0) is 55.1 Å². The van der Waals surface area contributed by atoms with Gasteiger partial charge in [-0.25, -0.2) is 4.90 Å². The zero-order valence-corrected chi connectivity index (χ0v) is 15.4. The number of phenols is 1. The Labute approximate surface area is 160 Å². The van der Waals surface area contributed by atoms with Crippen molar-refractivity contribution in [3.63, 3.8) is 0 Å². The van der Waals surface area contributed by atoms with Crippen LogP contribution < -0.4 is 15.0 Å². The minimum absolute atomic E-state index is 0.0868. The van der Waals surface area contributed by atoms with Crippen LogP contribution in [0.5, 0.6) is 11.5 Å². The molecule has 1 aliphatic rings. The summed E-state index contributed by atoms with van der Waals surface area (Å²) in [5.74, 6) is -0.308. The molecule has 8 heteroatoms. The maximum atomic E-state index is 12.7. The number of hydrogen-bond donors (Lipinski definition) is 2. The molecule has 0 aromatic heterocycles. The second kappa shape index (κ2) is 8.13. The van der Waals surface area contributed by atoms with Crippen LogP contribution >= 0.6 is 11.8 Å². The van der Waals surface area contributed by atoms with Gasteiger partial charge in [0.25, 0.3) is 5.24 Å². The van der Waals surface area contributed by atoms with Gasteiger partial charge in [0.15, 0.2) is 0 Å². The third-order valence-electron chi connectivity index (χ3n) is 3.85. The second-order valence-electron chi connectivity index (χ2n) is 5.75. The molecule has 1 unspecified atom stereocenters. The Morgan fingerprint density at radius 1 is 1.19 bits per heavy atom. The molecule has 0 saturated carbocycles. The Bertz CT molecular complexity index is 869. The lowest BCUT2D eigenvalue weighted by Gasteiger charge is -2.17. The van der Waals surface area contributed by atoms with Gasteiger partial charge in [0.05, 0.1) is 12.3 Å². The molecule has 1 atom stereocenters. The molecule has 0 radical (unpaired) electrons. The summed E-state index contributed by atoms with van der Waals surface area (Å²) in [7, 11) is 0. The molecule has 140 valence electrons. The molecule has 2 aromatic carbocycles. The molecule has 0 bridgehead atoms. The van der Waals surface area contributed by atoms with Crippen molar-refractivity contribution in [3.05, 3.63) is 48.5 Å². The summed E-state index contributed by atoms with van der Waals surface area (Å²) >= 11 is 0.826. The summed E-state index contributed by atoms with van der Waals surface area (Å²) in [6, 6.07) is 12.8. The molecule has 0 spiro atoms. The number of anilines is 2. The predicted octanol–water partition coefficient (Wildman–Crippen LogP) is 3.39. The highest BCUT2D eigenvalue weighted by Gasteiger charge is 2.42. The Balaban J connectivity index is 1.70. The third-order valence-corrected chi connectivity index (χ3v) is 4.89. The molecule has 1 saturated heterocycles. The first-order valence-corrected chi connectivity index (χ1v) is 9.23. The quantitative estimate of drug-likeness (QED) is 0.739. The van der Waals surface area contributed by atoms with Gasteiger partial charge in [-0.1, -0.05) is 12.1 Å². The van der Waals surface area contributed by atoms with Crippen LogP contribution in [0.2, 0.25) is 0 Å². The summed E-state index contributed by atoms with van der Waals surface area (Å²) in [5.41, 5.74) is 0.876. The Morgan fingerprint density at radius 2 is 1.89 bits per heavy atom. The minimum atomic E-state index is -0.802. The number of hydrogen-bond acceptors (Lipinski definition) is 6. The topological polar surface area (TPSA) is 95.9 Å². The van der Waals surface area contributed by atoms with Crippen LogP contribution in [0.15, 0.2) is 48.5 Å². The number of aromatic hydroxyl groups is 1. The molecule has 27 heavy (non-hydrogen) atoms. The molecule has 1 heterocycles. The Morgan fingerprint density at radius 3 is 2.59 bits per heavy atom. The van der Waals surface area contributed by atoms with Crippen molar-refractivity contribution in [1.29, 1.82) is 0 Å². The highest BCUT2D eigenvalue weighted by molar-refractivity contribution is 8.15. The van der Waals surface area contributed by atoms with E-state index in [1.54, 1.807) is 36.4 Å². The maximum absolute atomic E-state index is 12.7. The lowest BCUT2D eigenvalue weighted by atomic mass is 10.2. The molecule has 2 aromatic rings. The molecule has 3 rings (SSSR count). The van der Waals surface area contributed by atoms with Crippen LogP contribution in [0, 0.1) is 0 Å². The summed E-state index contributed by atoms with van der Waals surface area (Å²) in [6.45, 7) is 2.22. The summed E-state index contributed by atoms with van der Waals surface area (Å²) in [5, 5.41) is 10.7. The van der Waals surface area contributed by atoms with E-state index in [0.29, 0.717) is 23.7 Å². The first-order chi connectivity index (χ1) is 13.0. The SMILES string of the molecule is CCOc1ccccc1N1C(=O)SC(CC(=O)Nc2ccc(O)cc2)C1=O.